The molecule has 2 N–H and O–H groups in total. The summed E-state index contributed by atoms with van der Waals surface area (Å²) in [6.45, 7) is -0.481. The molecule has 0 saturated heterocycles. The van der Waals surface area contributed by atoms with Crippen molar-refractivity contribution >= 4 is 33.3 Å². The van der Waals surface area contributed by atoms with Crippen molar-refractivity contribution in [2.45, 2.75) is 30.1 Å². The summed E-state index contributed by atoms with van der Waals surface area (Å²) < 4.78 is 24.6. The van der Waals surface area contributed by atoms with Gasteiger partial charge in [0.25, 0.3) is 0 Å². The van der Waals surface area contributed by atoms with Crippen molar-refractivity contribution in [3.63, 3.8) is 0 Å². The van der Waals surface area contributed by atoms with Crippen molar-refractivity contribution in [1.29, 1.82) is 0 Å². The normalized spacial score (nSPS) is 17.8. The van der Waals surface area contributed by atoms with Gasteiger partial charge in [0, 0.05) is 6.04 Å². The van der Waals surface area contributed by atoms with Gasteiger partial charge in [0.05, 0.1) is 6.54 Å². The van der Waals surface area contributed by atoms with Crippen LogP contribution in [0.25, 0.3) is 0 Å². The van der Waals surface area contributed by atoms with Gasteiger partial charge in [-0.3, -0.25) is 0 Å². The Hall–Kier alpha value is 0.0300. The van der Waals surface area contributed by atoms with Gasteiger partial charge in [-0.1, -0.05) is 0 Å². The van der Waals surface area contributed by atoms with Crippen LogP contribution in [0.4, 0.5) is 8.78 Å². The summed E-state index contributed by atoms with van der Waals surface area (Å²) >= 11 is 7.04. The van der Waals surface area contributed by atoms with Gasteiger partial charge in [-0.25, -0.2) is 0 Å². The Labute approximate surface area is 89.6 Å². The van der Waals surface area contributed by atoms with Gasteiger partial charge in [0.2, 0.25) is 0 Å². The Morgan fingerprint density at radius 3 is 2.54 bits per heavy atom. The second-order valence-electron chi connectivity index (χ2n) is 3.07. The average Bonchev–Trinajstić information content (AvgIpc) is 1.91. The van der Waals surface area contributed by atoms with Gasteiger partial charge >= 0.3 is 4.83 Å². The summed E-state index contributed by atoms with van der Waals surface area (Å²) in [5, 5.41) is 5.71. The molecule has 1 aliphatic carbocycles. The molecule has 0 bridgehead atoms. The smallest absolute Gasteiger partial charge is 0.318 e. The van der Waals surface area contributed by atoms with E-state index in [1.54, 1.807) is 0 Å². The first-order valence-corrected chi connectivity index (χ1v) is 5.28. The highest BCUT2D eigenvalue weighted by Gasteiger charge is 2.24. The van der Waals surface area contributed by atoms with Gasteiger partial charge in [-0.05, 0) is 47.4 Å². The van der Waals surface area contributed by atoms with Crippen molar-refractivity contribution in [3.05, 3.63) is 0 Å². The Bertz CT molecular complexity index is 191. The molecule has 0 aromatic carbocycles. The predicted molar refractivity (Wildman–Crippen MR) is 55.2 cm³/mol. The van der Waals surface area contributed by atoms with Crippen molar-refractivity contribution < 1.29 is 8.78 Å². The van der Waals surface area contributed by atoms with Crippen LogP contribution < -0.4 is 10.6 Å². The van der Waals surface area contributed by atoms with Gasteiger partial charge in [-0.15, -0.1) is 0 Å². The number of thiocarbonyl (C=S) groups is 1. The van der Waals surface area contributed by atoms with Gasteiger partial charge in [-0.2, -0.15) is 8.78 Å². The minimum Gasteiger partial charge on any atom is -0.360 e. The summed E-state index contributed by atoms with van der Waals surface area (Å²) in [5.74, 6) is 0. The van der Waals surface area contributed by atoms with Crippen molar-refractivity contribution in [2.24, 2.45) is 0 Å². The molecule has 1 rings (SSSR count). The van der Waals surface area contributed by atoms with E-state index in [2.05, 4.69) is 26.6 Å². The van der Waals surface area contributed by atoms with Crippen molar-refractivity contribution in [1.82, 2.24) is 10.6 Å². The van der Waals surface area contributed by atoms with Crippen LogP contribution in [0.5, 0.6) is 0 Å². The first kappa shape index (κ1) is 11.1. The number of alkyl halides is 3. The molecule has 0 radical (unpaired) electrons. The molecule has 6 heteroatoms. The third kappa shape index (κ3) is 4.71. The Kier molecular flexibility index (Phi) is 3.85. The fourth-order valence-electron chi connectivity index (χ4n) is 0.970. The molecule has 0 atom stereocenters. The number of nitrogens with one attached hydrogen (secondary N) is 2. The number of halogens is 3. The molecule has 13 heavy (non-hydrogen) atoms. The van der Waals surface area contributed by atoms with Crippen LogP contribution in [0.3, 0.4) is 0 Å². The first-order chi connectivity index (χ1) is 5.97. The molecule has 0 aromatic rings. The van der Waals surface area contributed by atoms with Crippen LogP contribution in [0.2, 0.25) is 0 Å². The molecule has 1 fully saturated rings. The van der Waals surface area contributed by atoms with Crippen LogP contribution in [-0.4, -0.2) is 22.5 Å². The number of hydrogen-bond acceptors (Lipinski definition) is 1. The maximum atomic E-state index is 12.3. The van der Waals surface area contributed by atoms with E-state index in [9.17, 15) is 8.78 Å². The third-order valence-electron chi connectivity index (χ3n) is 1.89. The van der Waals surface area contributed by atoms with Crippen LogP contribution in [0.15, 0.2) is 0 Å². The van der Waals surface area contributed by atoms with Crippen LogP contribution in [0.1, 0.15) is 19.3 Å². The highest BCUT2D eigenvalue weighted by Crippen LogP contribution is 2.20. The van der Waals surface area contributed by atoms with E-state index in [-0.39, 0.29) is 0 Å². The SMILES string of the molecule is FC(F)(Br)CNC(=S)NC1CCC1. The highest BCUT2D eigenvalue weighted by atomic mass is 79.9. The van der Waals surface area contributed by atoms with Gasteiger partial charge < -0.3 is 10.6 Å². The summed E-state index contributed by atoms with van der Waals surface area (Å²) in [7, 11) is 0. The van der Waals surface area contributed by atoms with E-state index >= 15 is 0 Å². The van der Waals surface area contributed by atoms with E-state index in [1.165, 1.54) is 6.42 Å². The lowest BCUT2D eigenvalue weighted by Crippen LogP contribution is -2.47. The highest BCUT2D eigenvalue weighted by molar-refractivity contribution is 9.10. The lowest BCUT2D eigenvalue weighted by molar-refractivity contribution is 0.119. The van der Waals surface area contributed by atoms with E-state index in [0.29, 0.717) is 11.2 Å². The minimum absolute atomic E-state index is 0.309. The number of rotatable bonds is 3. The summed E-state index contributed by atoms with van der Waals surface area (Å²) in [6, 6.07) is 0.379. The predicted octanol–water partition coefficient (Wildman–Crippen LogP) is 1.99. The van der Waals surface area contributed by atoms with E-state index in [0.717, 1.165) is 12.8 Å². The summed E-state index contributed by atoms with van der Waals surface area (Å²) in [4.78, 5) is -2.89. The molecular weight excluding hydrogens is 262 g/mol. The maximum Gasteiger partial charge on any atom is 0.318 e. The molecule has 0 amide bonds. The molecule has 76 valence electrons. The largest absolute Gasteiger partial charge is 0.360 e. The third-order valence-corrected chi connectivity index (χ3v) is 2.43. The Balaban J connectivity index is 2.10. The maximum absolute atomic E-state index is 12.3. The monoisotopic (exact) mass is 272 g/mol. The zero-order valence-corrected chi connectivity index (χ0v) is 9.35. The molecule has 0 unspecified atom stereocenters. The zero-order valence-electron chi connectivity index (χ0n) is 6.95. The molecule has 1 aliphatic rings. The van der Waals surface area contributed by atoms with Crippen LogP contribution >= 0.6 is 28.1 Å². The van der Waals surface area contributed by atoms with E-state index in [4.69, 9.17) is 12.2 Å². The standard InChI is InChI=1S/C7H11BrF2N2S/c8-7(9,10)4-11-6(13)12-5-2-1-3-5/h5H,1-4H2,(H2,11,12,13). The van der Waals surface area contributed by atoms with Crippen LogP contribution in [0, 0.1) is 0 Å². The topological polar surface area (TPSA) is 24.1 Å². The van der Waals surface area contributed by atoms with E-state index < -0.39 is 11.4 Å². The Morgan fingerprint density at radius 2 is 2.15 bits per heavy atom. The lowest BCUT2D eigenvalue weighted by atomic mass is 9.93. The lowest BCUT2D eigenvalue weighted by Gasteiger charge is -2.28. The second-order valence-corrected chi connectivity index (χ2v) is 4.64. The number of hydrogen-bond donors (Lipinski definition) is 2. The second kappa shape index (κ2) is 4.50. The van der Waals surface area contributed by atoms with Gasteiger partial charge in [0.1, 0.15) is 0 Å². The van der Waals surface area contributed by atoms with Crippen LogP contribution in [-0.2, 0) is 0 Å². The molecule has 0 aliphatic heterocycles. The minimum atomic E-state index is -2.89. The molecule has 0 aromatic heterocycles. The Morgan fingerprint density at radius 1 is 1.54 bits per heavy atom. The van der Waals surface area contributed by atoms with Gasteiger partial charge in [0.15, 0.2) is 5.11 Å². The molecule has 0 spiro atoms. The molecule has 2 nitrogen and oxygen atoms in total. The fraction of sp³-hybridized carbons (Fsp3) is 0.857. The summed E-state index contributed by atoms with van der Waals surface area (Å²) in [5.41, 5.74) is 0. The fourth-order valence-corrected chi connectivity index (χ4v) is 1.35. The first-order valence-electron chi connectivity index (χ1n) is 4.08. The molecule has 0 heterocycles. The zero-order chi connectivity index (χ0) is 9.90. The quantitative estimate of drug-likeness (QED) is 0.607. The summed E-state index contributed by atoms with van der Waals surface area (Å²) in [6.07, 6.45) is 3.34. The average molecular weight is 273 g/mol. The molecule has 1 saturated carbocycles. The van der Waals surface area contributed by atoms with E-state index in [1.807, 2.05) is 0 Å². The van der Waals surface area contributed by atoms with Crippen molar-refractivity contribution in [2.75, 3.05) is 6.54 Å². The molecular formula is C7H11BrF2N2S. The van der Waals surface area contributed by atoms with Crippen molar-refractivity contribution in [3.8, 4) is 0 Å².